The lowest BCUT2D eigenvalue weighted by Gasteiger charge is -2.07. The van der Waals surface area contributed by atoms with Gasteiger partial charge in [0.2, 0.25) is 5.88 Å². The minimum atomic E-state index is 0.488. The summed E-state index contributed by atoms with van der Waals surface area (Å²) in [4.78, 5) is 8.30. The molecule has 0 fully saturated rings. The topological polar surface area (TPSA) is 47.0 Å². The molecule has 1 heterocycles. The number of nitrogens with one attached hydrogen (secondary N) is 1. The Morgan fingerprint density at radius 3 is 2.41 bits per heavy atom. The van der Waals surface area contributed by atoms with Crippen molar-refractivity contribution >= 4 is 5.82 Å². The van der Waals surface area contributed by atoms with Crippen LogP contribution in [0.3, 0.4) is 0 Å². The number of hydrogen-bond acceptors (Lipinski definition) is 4. The van der Waals surface area contributed by atoms with E-state index in [1.54, 1.807) is 19.4 Å². The molecule has 0 aliphatic rings. The van der Waals surface area contributed by atoms with Crippen molar-refractivity contribution in [3.63, 3.8) is 0 Å². The molecule has 0 unspecified atom stereocenters. The summed E-state index contributed by atoms with van der Waals surface area (Å²) in [5.74, 6) is 1.96. The Labute approximate surface area is 101 Å². The van der Waals surface area contributed by atoms with E-state index in [2.05, 4.69) is 21.4 Å². The third-order valence-electron chi connectivity index (χ3n) is 2.29. The van der Waals surface area contributed by atoms with E-state index < -0.39 is 0 Å². The molecule has 0 saturated heterocycles. The molecular weight excluding hydrogens is 214 g/mol. The first-order valence-corrected chi connectivity index (χ1v) is 5.43. The number of rotatable bonds is 3. The van der Waals surface area contributed by atoms with Gasteiger partial charge in [-0.2, -0.15) is 4.98 Å². The van der Waals surface area contributed by atoms with Crippen LogP contribution in [0.2, 0.25) is 0 Å². The molecular formula is C13H15N3O. The Bertz CT molecular complexity index is 506. The lowest BCUT2D eigenvalue weighted by Crippen LogP contribution is -1.96. The Balaban J connectivity index is 2.24. The molecule has 17 heavy (non-hydrogen) atoms. The van der Waals surface area contributed by atoms with E-state index in [9.17, 15) is 0 Å². The van der Waals surface area contributed by atoms with Gasteiger partial charge in [-0.3, -0.25) is 4.98 Å². The predicted molar refractivity (Wildman–Crippen MR) is 67.6 cm³/mol. The molecule has 0 saturated carbocycles. The van der Waals surface area contributed by atoms with Crippen molar-refractivity contribution in [3.05, 3.63) is 41.7 Å². The van der Waals surface area contributed by atoms with Crippen LogP contribution < -0.4 is 10.1 Å². The van der Waals surface area contributed by atoms with Gasteiger partial charge in [-0.15, -0.1) is 0 Å². The SMILES string of the molecule is CNc1cncc(Oc2cc(C)cc(C)c2)n1. The first kappa shape index (κ1) is 11.4. The lowest BCUT2D eigenvalue weighted by molar-refractivity contribution is 0.460. The molecule has 0 bridgehead atoms. The number of benzene rings is 1. The molecule has 0 atom stereocenters. The highest BCUT2D eigenvalue weighted by Crippen LogP contribution is 2.22. The summed E-state index contributed by atoms with van der Waals surface area (Å²) in [6.45, 7) is 4.07. The predicted octanol–water partition coefficient (Wildman–Crippen LogP) is 2.93. The first-order chi connectivity index (χ1) is 8.17. The van der Waals surface area contributed by atoms with Crippen molar-refractivity contribution in [2.45, 2.75) is 13.8 Å². The number of ether oxygens (including phenoxy) is 1. The number of hydrogen-bond donors (Lipinski definition) is 1. The van der Waals surface area contributed by atoms with E-state index in [4.69, 9.17) is 4.74 Å². The highest BCUT2D eigenvalue weighted by Gasteiger charge is 2.02. The summed E-state index contributed by atoms with van der Waals surface area (Å²) >= 11 is 0. The molecule has 1 aromatic carbocycles. The van der Waals surface area contributed by atoms with Gasteiger partial charge in [0.05, 0.1) is 12.4 Å². The quantitative estimate of drug-likeness (QED) is 0.879. The number of nitrogens with zero attached hydrogens (tertiary/aromatic N) is 2. The van der Waals surface area contributed by atoms with Gasteiger partial charge in [0.1, 0.15) is 11.6 Å². The van der Waals surface area contributed by atoms with Crippen LogP contribution in [0.15, 0.2) is 30.6 Å². The zero-order valence-electron chi connectivity index (χ0n) is 10.2. The normalized spacial score (nSPS) is 10.1. The van der Waals surface area contributed by atoms with Gasteiger partial charge in [0.25, 0.3) is 0 Å². The van der Waals surface area contributed by atoms with Gasteiger partial charge in [0.15, 0.2) is 0 Å². The second-order valence-electron chi connectivity index (χ2n) is 3.92. The highest BCUT2D eigenvalue weighted by molar-refractivity contribution is 5.37. The van der Waals surface area contributed by atoms with Gasteiger partial charge in [-0.05, 0) is 37.1 Å². The smallest absolute Gasteiger partial charge is 0.239 e. The van der Waals surface area contributed by atoms with Crippen LogP contribution in [0.1, 0.15) is 11.1 Å². The standard InChI is InChI=1S/C13H15N3O/c1-9-4-10(2)6-11(5-9)17-13-8-15-7-12(14-3)16-13/h4-8H,1-3H3,(H,14,16). The number of aromatic nitrogens is 2. The van der Waals surface area contributed by atoms with E-state index in [1.807, 2.05) is 26.0 Å². The Kier molecular flexibility index (Phi) is 3.23. The molecule has 0 radical (unpaired) electrons. The van der Waals surface area contributed by atoms with Crippen molar-refractivity contribution in [3.8, 4) is 11.6 Å². The fourth-order valence-corrected chi connectivity index (χ4v) is 1.63. The van der Waals surface area contributed by atoms with Crippen LogP contribution >= 0.6 is 0 Å². The maximum Gasteiger partial charge on any atom is 0.239 e. The van der Waals surface area contributed by atoms with Crippen LogP contribution in [0.25, 0.3) is 0 Å². The van der Waals surface area contributed by atoms with Gasteiger partial charge in [-0.1, -0.05) is 6.07 Å². The van der Waals surface area contributed by atoms with Crippen molar-refractivity contribution in [2.75, 3.05) is 12.4 Å². The van der Waals surface area contributed by atoms with Gasteiger partial charge in [0, 0.05) is 7.05 Å². The van der Waals surface area contributed by atoms with Crippen LogP contribution in [-0.2, 0) is 0 Å². The van der Waals surface area contributed by atoms with Gasteiger partial charge in [-0.25, -0.2) is 0 Å². The molecule has 0 amide bonds. The first-order valence-electron chi connectivity index (χ1n) is 5.43. The van der Waals surface area contributed by atoms with Crippen molar-refractivity contribution in [1.29, 1.82) is 0 Å². The largest absolute Gasteiger partial charge is 0.437 e. The fraction of sp³-hybridized carbons (Fsp3) is 0.231. The molecule has 1 N–H and O–H groups in total. The Hall–Kier alpha value is -2.10. The summed E-state index contributed by atoms with van der Waals surface area (Å²) in [7, 11) is 1.80. The lowest BCUT2D eigenvalue weighted by atomic mass is 10.1. The minimum absolute atomic E-state index is 0.488. The summed E-state index contributed by atoms with van der Waals surface area (Å²) in [6, 6.07) is 6.05. The van der Waals surface area contributed by atoms with E-state index in [-0.39, 0.29) is 0 Å². The molecule has 0 aliphatic heterocycles. The van der Waals surface area contributed by atoms with Gasteiger partial charge < -0.3 is 10.1 Å². The summed E-state index contributed by atoms with van der Waals surface area (Å²) in [6.07, 6.45) is 3.24. The zero-order chi connectivity index (χ0) is 12.3. The maximum absolute atomic E-state index is 5.67. The van der Waals surface area contributed by atoms with Crippen molar-refractivity contribution in [1.82, 2.24) is 9.97 Å². The third kappa shape index (κ3) is 2.93. The molecule has 1 aromatic heterocycles. The van der Waals surface area contributed by atoms with Crippen LogP contribution in [0.5, 0.6) is 11.6 Å². The average Bonchev–Trinajstić information content (AvgIpc) is 2.28. The summed E-state index contributed by atoms with van der Waals surface area (Å²) in [5.41, 5.74) is 2.33. The average molecular weight is 229 g/mol. The monoisotopic (exact) mass is 229 g/mol. The van der Waals surface area contributed by atoms with E-state index in [1.165, 1.54) is 0 Å². The van der Waals surface area contributed by atoms with E-state index >= 15 is 0 Å². The Morgan fingerprint density at radius 2 is 1.76 bits per heavy atom. The maximum atomic E-state index is 5.67. The molecule has 2 rings (SSSR count). The molecule has 4 heteroatoms. The minimum Gasteiger partial charge on any atom is -0.437 e. The van der Waals surface area contributed by atoms with Crippen LogP contribution in [0, 0.1) is 13.8 Å². The van der Waals surface area contributed by atoms with Gasteiger partial charge >= 0.3 is 0 Å². The van der Waals surface area contributed by atoms with Crippen LogP contribution in [0.4, 0.5) is 5.82 Å². The zero-order valence-corrected chi connectivity index (χ0v) is 10.2. The fourth-order valence-electron chi connectivity index (χ4n) is 1.63. The second kappa shape index (κ2) is 4.82. The molecule has 2 aromatic rings. The highest BCUT2D eigenvalue weighted by atomic mass is 16.5. The Morgan fingerprint density at radius 1 is 1.06 bits per heavy atom. The molecule has 0 aliphatic carbocycles. The summed E-state index contributed by atoms with van der Waals surface area (Å²) < 4.78 is 5.67. The van der Waals surface area contributed by atoms with E-state index in [0.29, 0.717) is 11.7 Å². The number of anilines is 1. The third-order valence-corrected chi connectivity index (χ3v) is 2.29. The van der Waals surface area contributed by atoms with E-state index in [0.717, 1.165) is 16.9 Å². The molecule has 0 spiro atoms. The summed E-state index contributed by atoms with van der Waals surface area (Å²) in [5, 5.41) is 2.92. The van der Waals surface area contributed by atoms with Crippen molar-refractivity contribution in [2.24, 2.45) is 0 Å². The number of aryl methyl sites for hydroxylation is 2. The molecule has 4 nitrogen and oxygen atoms in total. The van der Waals surface area contributed by atoms with Crippen LogP contribution in [-0.4, -0.2) is 17.0 Å². The molecule has 88 valence electrons. The van der Waals surface area contributed by atoms with Crippen molar-refractivity contribution < 1.29 is 4.74 Å². The second-order valence-corrected chi connectivity index (χ2v) is 3.92.